The van der Waals surface area contributed by atoms with Gasteiger partial charge in [0.15, 0.2) is 5.78 Å². The van der Waals surface area contributed by atoms with E-state index in [0.717, 1.165) is 25.0 Å². The normalized spacial score (nSPS) is 10.7. The van der Waals surface area contributed by atoms with Crippen LogP contribution in [0.15, 0.2) is 110 Å². The molecule has 37 heavy (non-hydrogen) atoms. The molecule has 0 fully saturated rings. The molecule has 5 aromatic rings. The van der Waals surface area contributed by atoms with Gasteiger partial charge in [-0.1, -0.05) is 80.4 Å². The van der Waals surface area contributed by atoms with Crippen molar-refractivity contribution < 1.29 is 15.0 Å². The molecule has 0 aliphatic carbocycles. The van der Waals surface area contributed by atoms with Gasteiger partial charge in [0.1, 0.15) is 0 Å². The topological polar surface area (TPSA) is 57.5 Å². The summed E-state index contributed by atoms with van der Waals surface area (Å²) in [6, 6.07) is 29.4. The van der Waals surface area contributed by atoms with Gasteiger partial charge in [0.2, 0.25) is 0 Å². The quantitative estimate of drug-likeness (QED) is 0.136. The summed E-state index contributed by atoms with van der Waals surface area (Å²) >= 11 is 10.0. The minimum atomic E-state index is 0.0229. The molecule has 7 heteroatoms. The molecule has 5 rings (SSSR count). The third kappa shape index (κ3) is 7.63. The van der Waals surface area contributed by atoms with E-state index < -0.39 is 0 Å². The van der Waals surface area contributed by atoms with Crippen molar-refractivity contribution in [1.82, 2.24) is 0 Å². The van der Waals surface area contributed by atoms with Crippen molar-refractivity contribution in [2.45, 2.75) is 18.1 Å². The Hall–Kier alpha value is -2.26. The van der Waals surface area contributed by atoms with Crippen LogP contribution in [0.1, 0.15) is 21.5 Å². The number of aliphatic hydroxyl groups excluding tert-OH is 2. The fourth-order valence-electron chi connectivity index (χ4n) is 3.63. The lowest BCUT2D eigenvalue weighted by atomic mass is 10.0. The van der Waals surface area contributed by atoms with Gasteiger partial charge in [0.25, 0.3) is 0 Å². The number of aliphatic hydroxyl groups is 2. The van der Waals surface area contributed by atoms with Gasteiger partial charge in [0, 0.05) is 35.1 Å². The van der Waals surface area contributed by atoms with Crippen LogP contribution >= 0.6 is 55.0 Å². The molecule has 0 atom stereocenters. The van der Waals surface area contributed by atoms with Crippen molar-refractivity contribution >= 4 is 70.8 Å². The molecule has 0 unspecified atom stereocenters. The second-order valence-corrected chi connectivity index (χ2v) is 12.0. The molecule has 188 valence electrons. The molecule has 0 aliphatic heterocycles. The van der Waals surface area contributed by atoms with Gasteiger partial charge in [-0.25, -0.2) is 0 Å². The monoisotopic (exact) mass is 654 g/mol. The number of benzene rings is 4. The molecule has 1 aromatic heterocycles. The van der Waals surface area contributed by atoms with Crippen molar-refractivity contribution in [3.8, 4) is 11.1 Å². The Balaban J connectivity index is 0.000000173. The minimum absolute atomic E-state index is 0.0229. The highest BCUT2D eigenvalue weighted by atomic mass is 79.9. The predicted molar refractivity (Wildman–Crippen MR) is 162 cm³/mol. The van der Waals surface area contributed by atoms with Gasteiger partial charge >= 0.3 is 0 Å². The lowest BCUT2D eigenvalue weighted by molar-refractivity contribution is 0.102. The summed E-state index contributed by atoms with van der Waals surface area (Å²) < 4.78 is 3.28. The van der Waals surface area contributed by atoms with Gasteiger partial charge < -0.3 is 10.2 Å². The first-order chi connectivity index (χ1) is 18.0. The molecule has 0 radical (unpaired) electrons. The van der Waals surface area contributed by atoms with Crippen LogP contribution < -0.4 is 0 Å². The number of rotatable bonds is 7. The van der Waals surface area contributed by atoms with Crippen LogP contribution in [-0.2, 0) is 13.2 Å². The van der Waals surface area contributed by atoms with Gasteiger partial charge in [-0.3, -0.25) is 4.79 Å². The van der Waals surface area contributed by atoms with Crippen molar-refractivity contribution in [3.63, 3.8) is 0 Å². The number of halogens is 2. The first-order valence-electron chi connectivity index (χ1n) is 11.4. The fraction of sp³-hybridized carbons (Fsp3) is 0.100. The van der Waals surface area contributed by atoms with E-state index in [2.05, 4.69) is 73.6 Å². The van der Waals surface area contributed by atoms with Crippen molar-refractivity contribution in [1.29, 1.82) is 0 Å². The van der Waals surface area contributed by atoms with Gasteiger partial charge in [-0.15, -0.1) is 23.1 Å². The Morgan fingerprint density at radius 1 is 0.784 bits per heavy atom. The molecule has 0 saturated heterocycles. The zero-order chi connectivity index (χ0) is 26.2. The standard InChI is InChI=1S/C15H13BrO2S.C15H11BrOS/c16-13-6-4-12(5-7-13)15(18)10-19-14-3-1-2-11(8-14)9-17;16-12-4-2-11(3-5-12)14-9-18-15-7-10(8-17)1-6-13(14)15/h1-8,17H,9-10H2;1-7,9,17H,8H2. The largest absolute Gasteiger partial charge is 0.392 e. The van der Waals surface area contributed by atoms with Crippen LogP contribution in [0.3, 0.4) is 0 Å². The van der Waals surface area contributed by atoms with E-state index in [1.165, 1.54) is 33.0 Å². The van der Waals surface area contributed by atoms with E-state index in [-0.39, 0.29) is 19.0 Å². The first-order valence-corrected chi connectivity index (χ1v) is 14.9. The molecule has 0 aliphatic rings. The number of Topliss-reactive ketones (excluding diaryl/α,β-unsaturated/α-hetero) is 1. The highest BCUT2D eigenvalue weighted by molar-refractivity contribution is 9.10. The predicted octanol–water partition coefficient (Wildman–Crippen LogP) is 8.74. The van der Waals surface area contributed by atoms with Crippen LogP contribution in [0, 0.1) is 0 Å². The zero-order valence-corrected chi connectivity index (χ0v) is 24.5. The van der Waals surface area contributed by atoms with Crippen LogP contribution in [0.2, 0.25) is 0 Å². The number of hydrogen-bond donors (Lipinski definition) is 2. The number of hydrogen-bond acceptors (Lipinski definition) is 5. The van der Waals surface area contributed by atoms with E-state index in [4.69, 9.17) is 10.2 Å². The van der Waals surface area contributed by atoms with Crippen molar-refractivity contribution in [3.05, 3.63) is 122 Å². The lowest BCUT2D eigenvalue weighted by Crippen LogP contribution is -2.01. The smallest absolute Gasteiger partial charge is 0.173 e. The number of fused-ring (bicyclic) bond motifs is 1. The van der Waals surface area contributed by atoms with Crippen molar-refractivity contribution in [2.75, 3.05) is 5.75 Å². The number of ketones is 1. The van der Waals surface area contributed by atoms with E-state index in [0.29, 0.717) is 11.3 Å². The summed E-state index contributed by atoms with van der Waals surface area (Å²) in [5.74, 6) is 0.503. The Kier molecular flexibility index (Phi) is 10.1. The van der Waals surface area contributed by atoms with E-state index >= 15 is 0 Å². The maximum Gasteiger partial charge on any atom is 0.173 e. The highest BCUT2D eigenvalue weighted by Gasteiger charge is 2.08. The molecular formula is C30H24Br2O3S2. The molecule has 0 saturated carbocycles. The molecule has 2 N–H and O–H groups in total. The molecule has 4 aromatic carbocycles. The second kappa shape index (κ2) is 13.5. The number of carbonyl (C=O) groups is 1. The van der Waals surface area contributed by atoms with E-state index in [9.17, 15) is 4.79 Å². The summed E-state index contributed by atoms with van der Waals surface area (Å²) in [5, 5.41) is 21.6. The Morgan fingerprint density at radius 3 is 2.11 bits per heavy atom. The van der Waals surface area contributed by atoms with Crippen LogP contribution in [-0.4, -0.2) is 21.7 Å². The summed E-state index contributed by atoms with van der Waals surface area (Å²) in [6.45, 7) is 0.122. The lowest BCUT2D eigenvalue weighted by Gasteiger charge is -2.03. The zero-order valence-electron chi connectivity index (χ0n) is 19.7. The fourth-order valence-corrected chi connectivity index (χ4v) is 6.06. The molecule has 0 spiro atoms. The van der Waals surface area contributed by atoms with E-state index in [1.54, 1.807) is 11.3 Å². The van der Waals surface area contributed by atoms with Gasteiger partial charge in [-0.05, 0) is 64.5 Å². The molecular weight excluding hydrogens is 632 g/mol. The number of thiophene rings is 1. The Labute approximate surface area is 241 Å². The average Bonchev–Trinajstić information content (AvgIpc) is 3.36. The third-order valence-electron chi connectivity index (χ3n) is 5.59. The average molecular weight is 656 g/mol. The van der Waals surface area contributed by atoms with Crippen molar-refractivity contribution in [2.24, 2.45) is 0 Å². The molecule has 0 bridgehead atoms. The molecule has 3 nitrogen and oxygen atoms in total. The Bertz CT molecular complexity index is 1480. The summed E-state index contributed by atoms with van der Waals surface area (Å²) in [7, 11) is 0. The minimum Gasteiger partial charge on any atom is -0.392 e. The Morgan fingerprint density at radius 2 is 1.43 bits per heavy atom. The third-order valence-corrected chi connectivity index (χ3v) is 8.59. The van der Waals surface area contributed by atoms with Crippen LogP contribution in [0.25, 0.3) is 21.2 Å². The van der Waals surface area contributed by atoms with Crippen LogP contribution in [0.4, 0.5) is 0 Å². The van der Waals surface area contributed by atoms with Gasteiger partial charge in [-0.2, -0.15) is 0 Å². The SMILES string of the molecule is O=C(CSc1cccc(CO)c1)c1ccc(Br)cc1.OCc1ccc2c(-c3ccc(Br)cc3)csc2c1. The summed E-state index contributed by atoms with van der Waals surface area (Å²) in [4.78, 5) is 13.0. The molecule has 1 heterocycles. The first kappa shape index (κ1) is 27.8. The highest BCUT2D eigenvalue weighted by Crippen LogP contribution is 2.35. The summed E-state index contributed by atoms with van der Waals surface area (Å²) in [6.07, 6.45) is 0. The number of carbonyl (C=O) groups excluding carboxylic acids is 1. The number of thioether (sulfide) groups is 1. The second-order valence-electron chi connectivity index (χ2n) is 8.17. The summed E-state index contributed by atoms with van der Waals surface area (Å²) in [5.41, 5.74) is 5.02. The van der Waals surface area contributed by atoms with Crippen LogP contribution in [0.5, 0.6) is 0 Å². The molecule has 0 amide bonds. The maximum absolute atomic E-state index is 12.0. The van der Waals surface area contributed by atoms with Gasteiger partial charge in [0.05, 0.1) is 19.0 Å². The van der Waals surface area contributed by atoms with E-state index in [1.807, 2.05) is 54.6 Å². The maximum atomic E-state index is 12.0.